The SMILES string of the molecule is CN(C)C(=O)/C=C/CBr.CN(C)C(=O)/C=C/CCCCOc1ccc(I)cc1.NCCOc1ccc(I)cc1. The van der Waals surface area contributed by atoms with E-state index >= 15 is 0 Å². The summed E-state index contributed by atoms with van der Waals surface area (Å²) in [5, 5.41) is 0.729. The van der Waals surface area contributed by atoms with Crippen molar-refractivity contribution in [3.8, 4) is 11.5 Å². The molecule has 2 rings (SSSR count). The van der Waals surface area contributed by atoms with E-state index in [0.717, 1.165) is 42.7 Å². The molecule has 2 aromatic rings. The standard InChI is InChI=1S/C15H20INO2.C8H10INO.C6H10BrNO/c1-17(2)15(18)7-5-3-4-6-12-19-14-10-8-13(16)9-11-14;9-7-1-3-8(4-2-7)11-6-5-10;1-8(2)6(9)4-3-5-7/h5,7-11H,3-4,6,12H2,1-2H3;1-4H,5-6,10H2;3-4H,5H2,1-2H3/b7-5+;;4-3+. The highest BCUT2D eigenvalue weighted by molar-refractivity contribution is 14.1. The van der Waals surface area contributed by atoms with Crippen molar-refractivity contribution in [2.75, 3.05) is 53.3 Å². The van der Waals surface area contributed by atoms with Gasteiger partial charge >= 0.3 is 0 Å². The molecule has 0 spiro atoms. The Kier molecular flexibility index (Phi) is 23.2. The third-order valence-electron chi connectivity index (χ3n) is 4.54. The van der Waals surface area contributed by atoms with E-state index in [-0.39, 0.29) is 11.8 Å². The van der Waals surface area contributed by atoms with Crippen LogP contribution in [0.3, 0.4) is 0 Å². The number of hydrogen-bond donors (Lipinski definition) is 1. The number of carbonyl (C=O) groups is 2. The number of ether oxygens (including phenoxy) is 2. The molecule has 0 bridgehead atoms. The normalized spacial score (nSPS) is 10.3. The van der Waals surface area contributed by atoms with Crippen LogP contribution in [0, 0.1) is 7.14 Å². The van der Waals surface area contributed by atoms with Crippen molar-refractivity contribution in [2.45, 2.75) is 19.3 Å². The summed E-state index contributed by atoms with van der Waals surface area (Å²) in [4.78, 5) is 25.1. The van der Waals surface area contributed by atoms with Crippen molar-refractivity contribution in [3.05, 3.63) is 80.0 Å². The van der Waals surface area contributed by atoms with E-state index in [9.17, 15) is 9.59 Å². The molecule has 0 aliphatic rings. The van der Waals surface area contributed by atoms with Gasteiger partial charge in [0.25, 0.3) is 0 Å². The molecule has 0 aliphatic heterocycles. The van der Waals surface area contributed by atoms with E-state index in [0.29, 0.717) is 13.2 Å². The highest BCUT2D eigenvalue weighted by Crippen LogP contribution is 2.14. The molecule has 39 heavy (non-hydrogen) atoms. The summed E-state index contributed by atoms with van der Waals surface area (Å²) in [6.07, 6.45) is 9.79. The number of nitrogens with zero attached hydrogens (tertiary/aromatic N) is 2. The van der Waals surface area contributed by atoms with Crippen LogP contribution >= 0.6 is 61.1 Å². The third-order valence-corrected chi connectivity index (χ3v) is 6.35. The zero-order valence-corrected chi connectivity index (χ0v) is 29.0. The van der Waals surface area contributed by atoms with E-state index in [4.69, 9.17) is 15.2 Å². The second-order valence-electron chi connectivity index (χ2n) is 8.31. The minimum Gasteiger partial charge on any atom is -0.494 e. The molecule has 0 saturated carbocycles. The fourth-order valence-electron chi connectivity index (χ4n) is 2.42. The maximum atomic E-state index is 11.3. The van der Waals surface area contributed by atoms with Crippen molar-refractivity contribution in [1.29, 1.82) is 0 Å². The molecular formula is C29H40BrI2N3O4. The summed E-state index contributed by atoms with van der Waals surface area (Å²) >= 11 is 7.70. The highest BCUT2D eigenvalue weighted by Gasteiger charge is 1.97. The number of nitrogens with two attached hydrogens (primary N) is 1. The van der Waals surface area contributed by atoms with E-state index in [2.05, 4.69) is 61.1 Å². The first-order chi connectivity index (χ1) is 18.6. The summed E-state index contributed by atoms with van der Waals surface area (Å²) in [6, 6.07) is 15.9. The second-order valence-corrected chi connectivity index (χ2v) is 11.5. The van der Waals surface area contributed by atoms with Gasteiger partial charge in [0, 0.05) is 47.2 Å². The Labute approximate surface area is 269 Å². The van der Waals surface area contributed by atoms with Gasteiger partial charge in [0.1, 0.15) is 18.1 Å². The number of alkyl halides is 1. The fourth-order valence-corrected chi connectivity index (χ4v) is 3.33. The third kappa shape index (κ3) is 21.8. The van der Waals surface area contributed by atoms with Gasteiger partial charge in [-0.1, -0.05) is 28.1 Å². The lowest BCUT2D eigenvalue weighted by Gasteiger charge is -2.06. The lowest BCUT2D eigenvalue weighted by molar-refractivity contribution is -0.124. The first-order valence-corrected chi connectivity index (χ1v) is 15.7. The maximum absolute atomic E-state index is 11.3. The minimum atomic E-state index is 0.0226. The Bertz CT molecular complexity index is 983. The summed E-state index contributed by atoms with van der Waals surface area (Å²) in [5.74, 6) is 1.86. The number of unbranched alkanes of at least 4 members (excludes halogenated alkanes) is 2. The summed E-state index contributed by atoms with van der Waals surface area (Å²) in [7, 11) is 6.95. The van der Waals surface area contributed by atoms with Gasteiger partial charge in [0.05, 0.1) is 6.61 Å². The predicted octanol–water partition coefficient (Wildman–Crippen LogP) is 6.14. The topological polar surface area (TPSA) is 85.1 Å². The molecular weight excluding hydrogens is 788 g/mol. The van der Waals surface area contributed by atoms with Crippen LogP contribution in [-0.2, 0) is 9.59 Å². The number of allylic oxidation sites excluding steroid dienone is 2. The first kappa shape index (κ1) is 37.4. The Morgan fingerprint density at radius 3 is 1.62 bits per heavy atom. The molecule has 10 heteroatoms. The Morgan fingerprint density at radius 2 is 1.21 bits per heavy atom. The first-order valence-electron chi connectivity index (χ1n) is 12.4. The Hall–Kier alpha value is -1.64. The second kappa shape index (κ2) is 24.2. The molecule has 216 valence electrons. The van der Waals surface area contributed by atoms with Crippen LogP contribution in [0.5, 0.6) is 11.5 Å². The van der Waals surface area contributed by atoms with Gasteiger partial charge < -0.3 is 25.0 Å². The smallest absolute Gasteiger partial charge is 0.245 e. The number of amides is 2. The molecule has 2 amide bonds. The number of hydrogen-bond acceptors (Lipinski definition) is 5. The van der Waals surface area contributed by atoms with E-state index < -0.39 is 0 Å². The van der Waals surface area contributed by atoms with Crippen LogP contribution in [0.15, 0.2) is 72.8 Å². The molecule has 0 aromatic heterocycles. The largest absolute Gasteiger partial charge is 0.494 e. The quantitative estimate of drug-likeness (QED) is 0.120. The zero-order chi connectivity index (χ0) is 29.5. The van der Waals surface area contributed by atoms with Gasteiger partial charge in [-0.15, -0.1) is 0 Å². The summed E-state index contributed by atoms with van der Waals surface area (Å²) in [6.45, 7) is 1.86. The summed E-state index contributed by atoms with van der Waals surface area (Å²) < 4.78 is 13.3. The average molecular weight is 828 g/mol. The molecule has 0 fully saturated rings. The summed E-state index contributed by atoms with van der Waals surface area (Å²) in [5.41, 5.74) is 5.28. The van der Waals surface area contributed by atoms with Crippen molar-refractivity contribution >= 4 is 72.9 Å². The van der Waals surface area contributed by atoms with Gasteiger partial charge in [-0.05, 0) is 125 Å². The molecule has 7 nitrogen and oxygen atoms in total. The lowest BCUT2D eigenvalue weighted by Crippen LogP contribution is -2.18. The number of likely N-dealkylation sites (N-methyl/N-ethyl adjacent to an activating group) is 2. The molecule has 2 aromatic carbocycles. The van der Waals surface area contributed by atoms with Crippen LogP contribution in [-0.4, -0.2) is 74.9 Å². The van der Waals surface area contributed by atoms with Crippen molar-refractivity contribution in [1.82, 2.24) is 9.80 Å². The lowest BCUT2D eigenvalue weighted by atomic mass is 10.2. The average Bonchev–Trinajstić information content (AvgIpc) is 2.92. The van der Waals surface area contributed by atoms with E-state index in [1.165, 1.54) is 18.1 Å². The molecule has 0 heterocycles. The molecule has 0 saturated heterocycles. The fraction of sp³-hybridized carbons (Fsp3) is 0.379. The van der Waals surface area contributed by atoms with Crippen LogP contribution in [0.2, 0.25) is 0 Å². The Morgan fingerprint density at radius 1 is 0.769 bits per heavy atom. The molecule has 2 N–H and O–H groups in total. The monoisotopic (exact) mass is 827 g/mol. The van der Waals surface area contributed by atoms with Gasteiger partial charge in [-0.3, -0.25) is 9.59 Å². The minimum absolute atomic E-state index is 0.0226. The van der Waals surface area contributed by atoms with Gasteiger partial charge in [-0.2, -0.15) is 0 Å². The number of carbonyl (C=O) groups excluding carboxylic acids is 2. The van der Waals surface area contributed by atoms with Crippen molar-refractivity contribution < 1.29 is 19.1 Å². The number of benzene rings is 2. The van der Waals surface area contributed by atoms with E-state index in [1.807, 2.05) is 54.6 Å². The van der Waals surface area contributed by atoms with Crippen molar-refractivity contribution in [2.24, 2.45) is 5.73 Å². The molecule has 0 unspecified atom stereocenters. The number of halogens is 3. The predicted molar refractivity (Wildman–Crippen MR) is 182 cm³/mol. The highest BCUT2D eigenvalue weighted by atomic mass is 127. The molecule has 0 radical (unpaired) electrons. The Balaban J connectivity index is 0.000000612. The van der Waals surface area contributed by atoms with Gasteiger partial charge in [0.15, 0.2) is 0 Å². The molecule has 0 aliphatic carbocycles. The van der Waals surface area contributed by atoms with Crippen molar-refractivity contribution in [3.63, 3.8) is 0 Å². The van der Waals surface area contributed by atoms with Crippen LogP contribution in [0.25, 0.3) is 0 Å². The number of rotatable bonds is 12. The van der Waals surface area contributed by atoms with Gasteiger partial charge in [-0.25, -0.2) is 0 Å². The maximum Gasteiger partial charge on any atom is 0.245 e. The van der Waals surface area contributed by atoms with E-state index in [1.54, 1.807) is 45.2 Å². The van der Waals surface area contributed by atoms with Crippen LogP contribution in [0.1, 0.15) is 19.3 Å². The zero-order valence-electron chi connectivity index (χ0n) is 23.1. The van der Waals surface area contributed by atoms with Crippen LogP contribution in [0.4, 0.5) is 0 Å². The molecule has 0 atom stereocenters. The van der Waals surface area contributed by atoms with Gasteiger partial charge in [0.2, 0.25) is 11.8 Å². The van der Waals surface area contributed by atoms with Crippen LogP contribution < -0.4 is 15.2 Å².